The second kappa shape index (κ2) is 5.76. The summed E-state index contributed by atoms with van der Waals surface area (Å²) in [7, 11) is 0. The van der Waals surface area contributed by atoms with Crippen molar-refractivity contribution in [2.24, 2.45) is 11.3 Å². The summed E-state index contributed by atoms with van der Waals surface area (Å²) >= 11 is 3.52. The molecule has 0 N–H and O–H groups in total. The molecule has 0 radical (unpaired) electrons. The van der Waals surface area contributed by atoms with Gasteiger partial charge in [-0.15, -0.1) is 6.58 Å². The van der Waals surface area contributed by atoms with Gasteiger partial charge in [-0.3, -0.25) is 0 Å². The molecule has 1 nitrogen and oxygen atoms in total. The fourth-order valence-corrected chi connectivity index (χ4v) is 1.54. The lowest BCUT2D eigenvalue weighted by Crippen LogP contribution is -2.31. The fourth-order valence-electron chi connectivity index (χ4n) is 0.735. The Balaban J connectivity index is 3.87. The summed E-state index contributed by atoms with van der Waals surface area (Å²) in [5.41, 5.74) is 0.239. The van der Waals surface area contributed by atoms with Crippen LogP contribution in [0.5, 0.6) is 0 Å². The Morgan fingerprint density at radius 3 is 2.50 bits per heavy atom. The summed E-state index contributed by atoms with van der Waals surface area (Å²) in [4.78, 5) is 0. The Hall–Kier alpha value is 0.180. The van der Waals surface area contributed by atoms with Gasteiger partial charge in [0.15, 0.2) is 0 Å². The first-order valence-electron chi connectivity index (χ1n) is 4.31. The molecule has 1 unspecified atom stereocenters. The zero-order valence-electron chi connectivity index (χ0n) is 8.27. The number of ether oxygens (including phenoxy) is 1. The number of hydrogen-bond donors (Lipinski definition) is 0. The van der Waals surface area contributed by atoms with Crippen LogP contribution in [0.4, 0.5) is 0 Å². The highest BCUT2D eigenvalue weighted by molar-refractivity contribution is 9.09. The van der Waals surface area contributed by atoms with Crippen LogP contribution in [0.25, 0.3) is 0 Å². The van der Waals surface area contributed by atoms with Crippen LogP contribution in [-0.2, 0) is 4.74 Å². The molecular formula is C10H19BrO. The van der Waals surface area contributed by atoms with E-state index in [4.69, 9.17) is 4.74 Å². The van der Waals surface area contributed by atoms with Crippen LogP contribution in [-0.4, -0.2) is 18.5 Å². The second-order valence-corrected chi connectivity index (χ2v) is 4.31. The first kappa shape index (κ1) is 12.2. The first-order valence-corrected chi connectivity index (χ1v) is 5.43. The number of alkyl halides is 1. The summed E-state index contributed by atoms with van der Waals surface area (Å²) < 4.78 is 5.45. The summed E-state index contributed by atoms with van der Waals surface area (Å²) in [5.74, 6) is 0.627. The predicted octanol–water partition coefficient (Wildman–Crippen LogP) is 3.25. The lowest BCUT2D eigenvalue weighted by Gasteiger charge is -2.31. The molecule has 0 aliphatic rings. The summed E-state index contributed by atoms with van der Waals surface area (Å²) in [6, 6.07) is 0. The first-order chi connectivity index (χ1) is 5.56. The van der Waals surface area contributed by atoms with Crippen LogP contribution in [0.3, 0.4) is 0 Å². The SMILES string of the molecule is C=CCOCC(C)(CBr)C(C)C. The largest absolute Gasteiger partial charge is 0.377 e. The van der Waals surface area contributed by atoms with E-state index in [1.54, 1.807) is 6.08 Å². The maximum Gasteiger partial charge on any atom is 0.0645 e. The molecule has 0 bridgehead atoms. The van der Waals surface area contributed by atoms with Gasteiger partial charge < -0.3 is 4.74 Å². The molecule has 0 saturated heterocycles. The maximum atomic E-state index is 5.45. The molecule has 2 heteroatoms. The lowest BCUT2D eigenvalue weighted by molar-refractivity contribution is 0.0566. The van der Waals surface area contributed by atoms with Crippen molar-refractivity contribution in [2.45, 2.75) is 20.8 Å². The molecular weight excluding hydrogens is 216 g/mol. The van der Waals surface area contributed by atoms with E-state index < -0.39 is 0 Å². The zero-order valence-corrected chi connectivity index (χ0v) is 9.86. The van der Waals surface area contributed by atoms with Gasteiger partial charge in [0.25, 0.3) is 0 Å². The average Bonchev–Trinajstić information content (AvgIpc) is 2.04. The number of rotatable bonds is 6. The van der Waals surface area contributed by atoms with Crippen LogP contribution >= 0.6 is 15.9 Å². The average molecular weight is 235 g/mol. The van der Waals surface area contributed by atoms with Crippen molar-refractivity contribution in [2.75, 3.05) is 18.5 Å². The minimum absolute atomic E-state index is 0.239. The maximum absolute atomic E-state index is 5.45. The van der Waals surface area contributed by atoms with Gasteiger partial charge in [-0.1, -0.05) is 42.8 Å². The van der Waals surface area contributed by atoms with Crippen molar-refractivity contribution < 1.29 is 4.74 Å². The van der Waals surface area contributed by atoms with E-state index in [0.29, 0.717) is 12.5 Å². The molecule has 0 aliphatic heterocycles. The Bertz CT molecular complexity index is 134. The zero-order chi connectivity index (χ0) is 9.61. The molecule has 72 valence electrons. The molecule has 1 atom stereocenters. The van der Waals surface area contributed by atoms with Gasteiger partial charge >= 0.3 is 0 Å². The van der Waals surface area contributed by atoms with Gasteiger partial charge in [0.05, 0.1) is 13.2 Å². The third kappa shape index (κ3) is 3.72. The second-order valence-electron chi connectivity index (χ2n) is 3.75. The van der Waals surface area contributed by atoms with Gasteiger partial charge in [-0.2, -0.15) is 0 Å². The van der Waals surface area contributed by atoms with Crippen LogP contribution in [0.1, 0.15) is 20.8 Å². The smallest absolute Gasteiger partial charge is 0.0645 e. The lowest BCUT2D eigenvalue weighted by atomic mass is 9.82. The molecule has 0 heterocycles. The Labute approximate surface area is 84.3 Å². The molecule has 12 heavy (non-hydrogen) atoms. The quantitative estimate of drug-likeness (QED) is 0.390. The van der Waals surface area contributed by atoms with Crippen molar-refractivity contribution >= 4 is 15.9 Å². The molecule has 0 spiro atoms. The van der Waals surface area contributed by atoms with Crippen LogP contribution < -0.4 is 0 Å². The van der Waals surface area contributed by atoms with Gasteiger partial charge in [-0.05, 0) is 5.92 Å². The Kier molecular flexibility index (Phi) is 5.85. The van der Waals surface area contributed by atoms with Gasteiger partial charge in [0.1, 0.15) is 0 Å². The van der Waals surface area contributed by atoms with E-state index in [9.17, 15) is 0 Å². The van der Waals surface area contributed by atoms with Crippen molar-refractivity contribution in [1.82, 2.24) is 0 Å². The van der Waals surface area contributed by atoms with E-state index in [1.807, 2.05) is 0 Å². The summed E-state index contributed by atoms with van der Waals surface area (Å²) in [6.07, 6.45) is 1.79. The van der Waals surface area contributed by atoms with E-state index in [-0.39, 0.29) is 5.41 Å². The molecule has 0 aromatic heterocycles. The Morgan fingerprint density at radius 2 is 2.17 bits per heavy atom. The van der Waals surface area contributed by atoms with E-state index in [1.165, 1.54) is 0 Å². The van der Waals surface area contributed by atoms with E-state index in [2.05, 4.69) is 43.3 Å². The summed E-state index contributed by atoms with van der Waals surface area (Å²) in [6.45, 7) is 11.7. The van der Waals surface area contributed by atoms with Crippen molar-refractivity contribution in [3.8, 4) is 0 Å². The highest BCUT2D eigenvalue weighted by Crippen LogP contribution is 2.29. The third-order valence-corrected chi connectivity index (χ3v) is 3.65. The molecule has 0 amide bonds. The minimum atomic E-state index is 0.239. The standard InChI is InChI=1S/C10H19BrO/c1-5-6-12-8-10(4,7-11)9(2)3/h5,9H,1,6-8H2,2-4H3. The summed E-state index contributed by atoms with van der Waals surface area (Å²) in [5, 5.41) is 0.981. The predicted molar refractivity (Wildman–Crippen MR) is 57.8 cm³/mol. The van der Waals surface area contributed by atoms with Crippen LogP contribution in [0.15, 0.2) is 12.7 Å². The van der Waals surface area contributed by atoms with Crippen LogP contribution in [0.2, 0.25) is 0 Å². The fraction of sp³-hybridized carbons (Fsp3) is 0.800. The van der Waals surface area contributed by atoms with Crippen molar-refractivity contribution in [3.05, 3.63) is 12.7 Å². The number of hydrogen-bond acceptors (Lipinski definition) is 1. The molecule has 0 aromatic carbocycles. The molecule has 0 rings (SSSR count). The normalized spacial score (nSPS) is 16.1. The third-order valence-electron chi connectivity index (χ3n) is 2.37. The van der Waals surface area contributed by atoms with Crippen LogP contribution in [0, 0.1) is 11.3 Å². The van der Waals surface area contributed by atoms with Gasteiger partial charge in [0.2, 0.25) is 0 Å². The van der Waals surface area contributed by atoms with Gasteiger partial charge in [-0.25, -0.2) is 0 Å². The monoisotopic (exact) mass is 234 g/mol. The molecule has 0 saturated carbocycles. The highest BCUT2D eigenvalue weighted by atomic mass is 79.9. The highest BCUT2D eigenvalue weighted by Gasteiger charge is 2.26. The minimum Gasteiger partial charge on any atom is -0.377 e. The molecule has 0 aliphatic carbocycles. The molecule has 0 fully saturated rings. The van der Waals surface area contributed by atoms with E-state index in [0.717, 1.165) is 11.9 Å². The van der Waals surface area contributed by atoms with Gasteiger partial charge in [0, 0.05) is 10.7 Å². The molecule has 0 aromatic rings. The van der Waals surface area contributed by atoms with Crippen molar-refractivity contribution in [3.63, 3.8) is 0 Å². The topological polar surface area (TPSA) is 9.23 Å². The van der Waals surface area contributed by atoms with E-state index >= 15 is 0 Å². The number of halogens is 1. The van der Waals surface area contributed by atoms with Crippen molar-refractivity contribution in [1.29, 1.82) is 0 Å². The Morgan fingerprint density at radius 1 is 1.58 bits per heavy atom.